The normalized spacial score (nSPS) is 8.10. The molecule has 0 aliphatic rings. The Kier molecular flexibility index (Phi) is 7.88. The second kappa shape index (κ2) is 6.51. The Bertz CT molecular complexity index is 126. The third kappa shape index (κ3) is 7.39. The fourth-order valence-corrected chi connectivity index (χ4v) is 0.348. The van der Waals surface area contributed by atoms with E-state index in [2.05, 4.69) is 0 Å². The Hall–Kier alpha value is -0.610. The number of nitrogens with two attached hydrogens (primary N) is 1. The van der Waals surface area contributed by atoms with Crippen molar-refractivity contribution in [2.45, 2.75) is 12.8 Å². The third-order valence-electron chi connectivity index (χ3n) is 0.845. The first-order valence-corrected chi connectivity index (χ1v) is 2.60. The number of carboxylic acids is 1. The molecule has 0 spiro atoms. The van der Waals surface area contributed by atoms with E-state index < -0.39 is 5.97 Å². The number of carbonyl (C=O) groups is 2. The molecule has 0 aromatic rings. The molecule has 0 bridgehead atoms. The highest BCUT2D eigenvalue weighted by atomic mass is 35.5. The average molecular weight is 170 g/mol. The van der Waals surface area contributed by atoms with Crippen molar-refractivity contribution < 1.29 is 14.7 Å². The van der Waals surface area contributed by atoms with Crippen molar-refractivity contribution in [2.75, 3.05) is 6.54 Å². The highest BCUT2D eigenvalue weighted by Gasteiger charge is 2.01. The average Bonchev–Trinajstić information content (AvgIpc) is 1.83. The lowest BCUT2D eigenvalue weighted by molar-refractivity contribution is -0.138. The van der Waals surface area contributed by atoms with Gasteiger partial charge < -0.3 is 10.8 Å². The molecular weight excluding hydrogens is 160 g/mol. The van der Waals surface area contributed by atoms with Crippen LogP contribution < -0.4 is 5.73 Å². The van der Waals surface area contributed by atoms with E-state index in [9.17, 15) is 9.59 Å². The smallest absolute Gasteiger partial charge is 0.303 e. The Labute approximate surface area is 64.8 Å². The molecule has 3 N–H and O–H groups in total. The summed E-state index contributed by atoms with van der Waals surface area (Å²) in [7, 11) is 0. The van der Waals surface area contributed by atoms with Gasteiger partial charge >= 0.3 is 5.97 Å². The Morgan fingerprint density at radius 1 is 1.60 bits per heavy atom. The zero-order chi connectivity index (χ0) is 7.28. The minimum absolute atomic E-state index is 0. The van der Waals surface area contributed by atoms with Crippen LogP contribution in [0.15, 0.2) is 0 Å². The maximum Gasteiger partial charge on any atom is 0.303 e. The van der Waals surface area contributed by atoms with Crippen LogP contribution in [0, 0.1) is 0 Å². The van der Waals surface area contributed by atoms with Crippen LogP contribution in [0.25, 0.3) is 0 Å². The molecule has 0 radical (unpaired) electrons. The number of hydrogen-bond acceptors (Lipinski definition) is 3. The molecule has 0 unspecified atom stereocenters. The van der Waals surface area contributed by atoms with E-state index in [1.807, 2.05) is 0 Å². The summed E-state index contributed by atoms with van der Waals surface area (Å²) in [6, 6.07) is 0. The standard InChI is InChI=1S/C5H9NO3.ClH/c6-3-4(7)1-2-5(8)9;/h1-3,6H2,(H,8,9);1H/i4+2;. The highest BCUT2D eigenvalue weighted by molar-refractivity contribution is 5.85. The molecule has 0 rings (SSSR count). The molecule has 0 fully saturated rings. The quantitative estimate of drug-likeness (QED) is 0.611. The second-order valence-electron chi connectivity index (χ2n) is 1.64. The summed E-state index contributed by atoms with van der Waals surface area (Å²) in [5.74, 6) is -1.17. The van der Waals surface area contributed by atoms with Gasteiger partial charge in [-0.05, 0) is 0 Å². The van der Waals surface area contributed by atoms with Gasteiger partial charge in [0.15, 0.2) is 0 Å². The summed E-state index contributed by atoms with van der Waals surface area (Å²) in [4.78, 5) is 20.2. The number of Topliss-reactive ketones (excluding diaryl/α,β-unsaturated/α-hetero) is 1. The molecule has 0 saturated heterocycles. The van der Waals surface area contributed by atoms with Gasteiger partial charge in [0.2, 0.25) is 0 Å². The molecule has 0 atom stereocenters. The Balaban J connectivity index is 0. The van der Waals surface area contributed by atoms with E-state index in [4.69, 9.17) is 10.8 Å². The van der Waals surface area contributed by atoms with Crippen LogP contribution in [0.4, 0.5) is 0 Å². The van der Waals surface area contributed by atoms with Crippen molar-refractivity contribution in [3.63, 3.8) is 0 Å². The van der Waals surface area contributed by atoms with Crippen molar-refractivity contribution in [3.05, 3.63) is 0 Å². The first-order valence-electron chi connectivity index (χ1n) is 2.60. The van der Waals surface area contributed by atoms with Gasteiger partial charge in [-0.2, -0.15) is 0 Å². The van der Waals surface area contributed by atoms with Gasteiger partial charge in [0, 0.05) is 6.42 Å². The number of aliphatic carboxylic acids is 1. The van der Waals surface area contributed by atoms with E-state index in [-0.39, 0.29) is 37.6 Å². The molecular formula is C5H10ClNO3. The molecule has 0 aliphatic heterocycles. The summed E-state index contributed by atoms with van der Waals surface area (Å²) in [5.41, 5.74) is 4.92. The molecule has 0 saturated carbocycles. The van der Waals surface area contributed by atoms with E-state index in [1.54, 1.807) is 0 Å². The van der Waals surface area contributed by atoms with Crippen molar-refractivity contribution in [3.8, 4) is 0 Å². The van der Waals surface area contributed by atoms with Crippen LogP contribution in [0.3, 0.4) is 0 Å². The van der Waals surface area contributed by atoms with Crippen LogP contribution >= 0.6 is 12.4 Å². The van der Waals surface area contributed by atoms with Gasteiger partial charge in [0.25, 0.3) is 0 Å². The largest absolute Gasteiger partial charge is 0.481 e. The Morgan fingerprint density at radius 3 is 2.40 bits per heavy atom. The molecule has 10 heavy (non-hydrogen) atoms. The maximum absolute atomic E-state index is 10.3. The number of carboxylic acid groups (broad SMARTS) is 1. The van der Waals surface area contributed by atoms with Crippen molar-refractivity contribution in [1.29, 1.82) is 0 Å². The monoisotopic (exact) mass is 169 g/mol. The fraction of sp³-hybridized carbons (Fsp3) is 0.600. The van der Waals surface area contributed by atoms with E-state index in [1.165, 1.54) is 0 Å². The number of hydrogen-bond donors (Lipinski definition) is 2. The second-order valence-corrected chi connectivity index (χ2v) is 1.64. The highest BCUT2D eigenvalue weighted by Crippen LogP contribution is 1.87. The first-order chi connectivity index (χ1) is 4.16. The minimum Gasteiger partial charge on any atom is -0.481 e. The van der Waals surface area contributed by atoms with Crippen LogP contribution in [0.1, 0.15) is 12.8 Å². The molecule has 0 aromatic carbocycles. The molecule has 0 aliphatic carbocycles. The van der Waals surface area contributed by atoms with Crippen LogP contribution in [-0.4, -0.2) is 23.4 Å². The van der Waals surface area contributed by atoms with Gasteiger partial charge in [-0.1, -0.05) is 0 Å². The summed E-state index contributed by atoms with van der Waals surface area (Å²) in [6.07, 6.45) is -0.0676. The summed E-state index contributed by atoms with van der Waals surface area (Å²) < 4.78 is 0. The van der Waals surface area contributed by atoms with E-state index in [0.29, 0.717) is 0 Å². The zero-order valence-electron chi connectivity index (χ0n) is 5.37. The maximum atomic E-state index is 10.3. The Morgan fingerprint density at radius 2 is 2.10 bits per heavy atom. The molecule has 60 valence electrons. The predicted molar refractivity (Wildman–Crippen MR) is 38.2 cm³/mol. The lowest BCUT2D eigenvalue weighted by Gasteiger charge is -1.90. The van der Waals surface area contributed by atoms with E-state index >= 15 is 0 Å². The summed E-state index contributed by atoms with van der Waals surface area (Å²) in [5, 5.41) is 8.06. The van der Waals surface area contributed by atoms with E-state index in [0.717, 1.165) is 0 Å². The molecule has 0 amide bonds. The SMILES string of the molecule is Cl.NC[14C](=O)CCC(=O)O. The third-order valence-corrected chi connectivity index (χ3v) is 0.845. The topological polar surface area (TPSA) is 80.4 Å². The lowest BCUT2D eigenvalue weighted by Crippen LogP contribution is -2.14. The number of rotatable bonds is 4. The van der Waals surface area contributed by atoms with Gasteiger partial charge in [-0.25, -0.2) is 0 Å². The fourth-order valence-electron chi connectivity index (χ4n) is 0.348. The molecule has 4 nitrogen and oxygen atoms in total. The van der Waals surface area contributed by atoms with Crippen LogP contribution in [0.5, 0.6) is 0 Å². The predicted octanol–water partition coefficient (Wildman–Crippen LogP) is -0.199. The van der Waals surface area contributed by atoms with Gasteiger partial charge in [0.05, 0.1) is 13.0 Å². The number of carbonyl (C=O) groups excluding carboxylic acids is 1. The summed E-state index contributed by atoms with van der Waals surface area (Å²) >= 11 is 0. The summed E-state index contributed by atoms with van der Waals surface area (Å²) in [6.45, 7) is -0.0622. The van der Waals surface area contributed by atoms with Crippen molar-refractivity contribution in [1.82, 2.24) is 0 Å². The lowest BCUT2D eigenvalue weighted by atomic mass is 10.4. The van der Waals surface area contributed by atoms with Crippen LogP contribution in [-0.2, 0) is 9.59 Å². The van der Waals surface area contributed by atoms with Crippen molar-refractivity contribution >= 4 is 24.2 Å². The first kappa shape index (κ1) is 12.1. The number of halogens is 1. The molecule has 0 aromatic heterocycles. The zero-order valence-corrected chi connectivity index (χ0v) is 6.19. The minimum atomic E-state index is -0.961. The van der Waals surface area contributed by atoms with Gasteiger partial charge in [-0.3, -0.25) is 9.59 Å². The van der Waals surface area contributed by atoms with Gasteiger partial charge in [0.1, 0.15) is 5.78 Å². The molecule has 0 heterocycles. The number of ketones is 1. The van der Waals surface area contributed by atoms with Crippen LogP contribution in [0.2, 0.25) is 0 Å². The van der Waals surface area contributed by atoms with Crippen molar-refractivity contribution in [2.24, 2.45) is 5.73 Å². The van der Waals surface area contributed by atoms with Gasteiger partial charge in [-0.15, -0.1) is 12.4 Å². The molecule has 5 heteroatoms.